The first kappa shape index (κ1) is 17.9. The van der Waals surface area contributed by atoms with Gasteiger partial charge < -0.3 is 15.2 Å². The Morgan fingerprint density at radius 1 is 1.04 bits per heavy atom. The number of hydrogen-bond acceptors (Lipinski definition) is 7. The van der Waals surface area contributed by atoms with Crippen molar-refractivity contribution in [1.29, 1.82) is 0 Å². The number of ether oxygens (including phenoxy) is 2. The van der Waals surface area contributed by atoms with Crippen LogP contribution in [-0.2, 0) is 0 Å². The van der Waals surface area contributed by atoms with Gasteiger partial charge in [0.15, 0.2) is 5.82 Å². The number of nitrogen functional groups attached to an aromatic ring is 1. The van der Waals surface area contributed by atoms with Crippen LogP contribution in [0.4, 0.5) is 15.9 Å². The molecule has 3 aromatic rings. The molecule has 3 rings (SSSR count). The summed E-state index contributed by atoms with van der Waals surface area (Å²) < 4.78 is 23.6. The number of halogens is 1. The molecule has 0 aliphatic rings. The number of hydrogen-bond donors (Lipinski definition) is 3. The third kappa shape index (κ3) is 4.40. The minimum Gasteiger partial charge on any atom is -0.497 e. The number of amides is 1. The van der Waals surface area contributed by atoms with Crippen LogP contribution >= 0.6 is 0 Å². The van der Waals surface area contributed by atoms with E-state index >= 15 is 0 Å². The van der Waals surface area contributed by atoms with E-state index in [2.05, 4.69) is 20.8 Å². The van der Waals surface area contributed by atoms with Crippen molar-refractivity contribution < 1.29 is 18.7 Å². The van der Waals surface area contributed by atoms with E-state index in [0.29, 0.717) is 11.5 Å². The second-order valence-corrected chi connectivity index (χ2v) is 5.30. The van der Waals surface area contributed by atoms with Crippen LogP contribution in [0.2, 0.25) is 0 Å². The summed E-state index contributed by atoms with van der Waals surface area (Å²) >= 11 is 0. The number of anilines is 2. The summed E-state index contributed by atoms with van der Waals surface area (Å²) in [5.74, 6) is 0.551. The lowest BCUT2D eigenvalue weighted by Gasteiger charge is -2.12. The number of benzene rings is 2. The van der Waals surface area contributed by atoms with E-state index in [1.54, 1.807) is 31.4 Å². The van der Waals surface area contributed by atoms with Gasteiger partial charge in [0.25, 0.3) is 5.91 Å². The summed E-state index contributed by atoms with van der Waals surface area (Å²) in [6.45, 7) is 0. The largest absolute Gasteiger partial charge is 0.497 e. The average molecular weight is 369 g/mol. The molecule has 0 saturated heterocycles. The van der Waals surface area contributed by atoms with E-state index in [9.17, 15) is 9.18 Å². The Labute approximate surface area is 154 Å². The number of nitrogens with zero attached hydrogens (tertiary/aromatic N) is 2. The molecule has 0 bridgehead atoms. The van der Waals surface area contributed by atoms with Crippen molar-refractivity contribution in [3.8, 4) is 17.4 Å². The van der Waals surface area contributed by atoms with E-state index in [0.717, 1.165) is 0 Å². The molecule has 0 fully saturated rings. The van der Waals surface area contributed by atoms with E-state index in [4.69, 9.17) is 15.2 Å². The van der Waals surface area contributed by atoms with Gasteiger partial charge in [0.1, 0.15) is 29.3 Å². The molecule has 8 nitrogen and oxygen atoms in total. The van der Waals surface area contributed by atoms with Gasteiger partial charge in [-0.15, -0.1) is 0 Å². The summed E-state index contributed by atoms with van der Waals surface area (Å²) in [6, 6.07) is 11.9. The second kappa shape index (κ2) is 8.00. The minimum absolute atomic E-state index is 0.104. The molecule has 27 heavy (non-hydrogen) atoms. The zero-order valence-corrected chi connectivity index (χ0v) is 14.3. The predicted molar refractivity (Wildman–Crippen MR) is 97.0 cm³/mol. The second-order valence-electron chi connectivity index (χ2n) is 5.30. The molecule has 0 saturated carbocycles. The number of carbonyl (C=O) groups excluding carboxylic acids is 1. The molecule has 0 radical (unpaired) electrons. The van der Waals surface area contributed by atoms with E-state index in [1.807, 2.05) is 0 Å². The zero-order chi connectivity index (χ0) is 19.2. The monoisotopic (exact) mass is 369 g/mol. The van der Waals surface area contributed by atoms with E-state index < -0.39 is 11.7 Å². The van der Waals surface area contributed by atoms with Gasteiger partial charge in [-0.2, -0.15) is 4.98 Å². The Kier molecular flexibility index (Phi) is 5.31. The summed E-state index contributed by atoms with van der Waals surface area (Å²) in [5.41, 5.74) is 11.4. The van der Waals surface area contributed by atoms with Crippen molar-refractivity contribution in [2.24, 2.45) is 0 Å². The number of hydrazine groups is 1. The summed E-state index contributed by atoms with van der Waals surface area (Å²) in [5, 5.41) is 0. The Hall–Kier alpha value is -3.88. The minimum atomic E-state index is -0.481. The highest BCUT2D eigenvalue weighted by Crippen LogP contribution is 2.29. The molecule has 9 heteroatoms. The lowest BCUT2D eigenvalue weighted by atomic mass is 10.2. The topological polar surface area (TPSA) is 111 Å². The molecule has 1 aromatic heterocycles. The first-order chi connectivity index (χ1) is 13.1. The van der Waals surface area contributed by atoms with Crippen molar-refractivity contribution in [1.82, 2.24) is 15.4 Å². The normalized spacial score (nSPS) is 10.1. The van der Waals surface area contributed by atoms with Crippen molar-refractivity contribution >= 4 is 17.4 Å². The Balaban J connectivity index is 1.68. The molecule has 0 aliphatic heterocycles. The van der Waals surface area contributed by atoms with Crippen LogP contribution in [0, 0.1) is 5.82 Å². The summed E-state index contributed by atoms with van der Waals surface area (Å²) in [4.78, 5) is 20.0. The predicted octanol–water partition coefficient (Wildman–Crippen LogP) is 2.76. The highest BCUT2D eigenvalue weighted by molar-refractivity contribution is 5.95. The van der Waals surface area contributed by atoms with Gasteiger partial charge in [-0.25, -0.2) is 9.37 Å². The van der Waals surface area contributed by atoms with Gasteiger partial charge in [0.2, 0.25) is 5.88 Å². The fourth-order valence-electron chi connectivity index (χ4n) is 2.11. The number of carbonyl (C=O) groups is 1. The van der Waals surface area contributed by atoms with E-state index in [1.165, 1.54) is 30.6 Å². The van der Waals surface area contributed by atoms with Gasteiger partial charge in [-0.3, -0.25) is 15.6 Å². The van der Waals surface area contributed by atoms with Crippen LogP contribution in [0.3, 0.4) is 0 Å². The van der Waals surface area contributed by atoms with Gasteiger partial charge in [-0.1, -0.05) is 0 Å². The lowest BCUT2D eigenvalue weighted by molar-refractivity contribution is 0.0962. The zero-order valence-electron chi connectivity index (χ0n) is 14.3. The fourth-order valence-corrected chi connectivity index (χ4v) is 2.11. The fraction of sp³-hybridized carbons (Fsp3) is 0.0556. The van der Waals surface area contributed by atoms with Gasteiger partial charge in [-0.05, 0) is 48.5 Å². The third-order valence-corrected chi connectivity index (χ3v) is 3.52. The molecule has 4 N–H and O–H groups in total. The van der Waals surface area contributed by atoms with E-state index in [-0.39, 0.29) is 22.9 Å². The molecule has 2 aromatic carbocycles. The molecule has 0 spiro atoms. The van der Waals surface area contributed by atoms with Gasteiger partial charge in [0, 0.05) is 5.56 Å². The molecular weight excluding hydrogens is 353 g/mol. The van der Waals surface area contributed by atoms with Gasteiger partial charge in [0.05, 0.1) is 7.11 Å². The summed E-state index contributed by atoms with van der Waals surface area (Å²) in [7, 11) is 1.57. The van der Waals surface area contributed by atoms with Crippen LogP contribution in [0.15, 0.2) is 54.9 Å². The first-order valence-electron chi connectivity index (χ1n) is 7.81. The number of methoxy groups -OCH3 is 1. The number of nitrogens with one attached hydrogen (secondary N) is 2. The molecular formula is C18H16FN5O3. The molecule has 0 aliphatic carbocycles. The number of aromatic nitrogens is 2. The smallest absolute Gasteiger partial charge is 0.269 e. The Morgan fingerprint density at radius 3 is 2.37 bits per heavy atom. The van der Waals surface area contributed by atoms with Crippen LogP contribution in [-0.4, -0.2) is 23.0 Å². The first-order valence-corrected chi connectivity index (χ1v) is 7.81. The maximum absolute atomic E-state index is 12.9. The SMILES string of the molecule is COc1ccc(Oc2ncnc(NNC(=O)c3ccc(F)cc3)c2N)cc1. The van der Waals surface area contributed by atoms with Crippen molar-refractivity contribution in [2.75, 3.05) is 18.3 Å². The maximum atomic E-state index is 12.9. The highest BCUT2D eigenvalue weighted by Gasteiger charge is 2.12. The standard InChI is InChI=1S/C18H16FN5O3/c1-26-13-6-8-14(9-7-13)27-18-15(20)16(21-10-22-18)23-24-17(25)11-2-4-12(19)5-3-11/h2-10H,20H2,1H3,(H,24,25)(H,21,22,23). The van der Waals surface area contributed by atoms with Crippen LogP contribution in [0.1, 0.15) is 10.4 Å². The highest BCUT2D eigenvalue weighted by atomic mass is 19.1. The van der Waals surface area contributed by atoms with Crippen molar-refractivity contribution in [2.45, 2.75) is 0 Å². The average Bonchev–Trinajstić information content (AvgIpc) is 2.69. The molecule has 1 amide bonds. The quantitative estimate of drug-likeness (QED) is 0.573. The maximum Gasteiger partial charge on any atom is 0.269 e. The molecule has 1 heterocycles. The Bertz CT molecular complexity index is 933. The van der Waals surface area contributed by atoms with Gasteiger partial charge >= 0.3 is 0 Å². The van der Waals surface area contributed by atoms with Crippen LogP contribution in [0.25, 0.3) is 0 Å². The van der Waals surface area contributed by atoms with Crippen LogP contribution < -0.4 is 26.1 Å². The number of nitrogens with two attached hydrogens (primary N) is 1. The molecule has 0 atom stereocenters. The lowest BCUT2D eigenvalue weighted by Crippen LogP contribution is -2.30. The molecule has 0 unspecified atom stereocenters. The third-order valence-electron chi connectivity index (χ3n) is 3.52. The molecule has 138 valence electrons. The van der Waals surface area contributed by atoms with Crippen LogP contribution in [0.5, 0.6) is 17.4 Å². The number of rotatable bonds is 6. The van der Waals surface area contributed by atoms with Crippen molar-refractivity contribution in [3.05, 3.63) is 66.2 Å². The Morgan fingerprint density at radius 2 is 1.70 bits per heavy atom. The van der Waals surface area contributed by atoms with Crippen molar-refractivity contribution in [3.63, 3.8) is 0 Å². The summed E-state index contributed by atoms with van der Waals surface area (Å²) in [6.07, 6.45) is 1.24.